The van der Waals surface area contributed by atoms with Gasteiger partial charge < -0.3 is 5.11 Å². The lowest BCUT2D eigenvalue weighted by Crippen LogP contribution is -2.09. The van der Waals surface area contributed by atoms with E-state index in [0.717, 1.165) is 12.1 Å². The monoisotopic (exact) mass is 214 g/mol. The van der Waals surface area contributed by atoms with Crippen molar-refractivity contribution in [1.82, 2.24) is 0 Å². The molecule has 0 saturated heterocycles. The Morgan fingerprint density at radius 3 is 2.40 bits per heavy atom. The highest BCUT2D eigenvalue weighted by atomic mass is 19.2. The number of carboxylic acids is 1. The van der Waals surface area contributed by atoms with E-state index in [9.17, 15) is 18.4 Å². The molecule has 0 amide bonds. The molecule has 0 saturated carbocycles. The van der Waals surface area contributed by atoms with Gasteiger partial charge in [-0.25, -0.2) is 8.78 Å². The van der Waals surface area contributed by atoms with Gasteiger partial charge in [0.1, 0.15) is 12.2 Å². The van der Waals surface area contributed by atoms with Crippen molar-refractivity contribution < 1.29 is 23.5 Å². The lowest BCUT2D eigenvalue weighted by atomic mass is 10.1. The van der Waals surface area contributed by atoms with Crippen LogP contribution in [0.5, 0.6) is 0 Å². The summed E-state index contributed by atoms with van der Waals surface area (Å²) in [6.45, 7) is 0. The molecule has 1 rings (SSSR count). The fourth-order valence-electron chi connectivity index (χ4n) is 1.11. The van der Waals surface area contributed by atoms with Gasteiger partial charge in [0.15, 0.2) is 11.6 Å². The topological polar surface area (TPSA) is 54.4 Å². The molecule has 0 fully saturated rings. The smallest absolute Gasteiger partial charge is 0.310 e. The van der Waals surface area contributed by atoms with Gasteiger partial charge in [-0.3, -0.25) is 9.59 Å². The summed E-state index contributed by atoms with van der Waals surface area (Å²) in [6.07, 6.45) is -0.817. The minimum atomic E-state index is -1.23. The van der Waals surface area contributed by atoms with Gasteiger partial charge in [0, 0.05) is 6.42 Å². The predicted octanol–water partition coefficient (Wildman–Crippen LogP) is 1.55. The van der Waals surface area contributed by atoms with Crippen molar-refractivity contribution >= 4 is 11.8 Å². The molecule has 15 heavy (non-hydrogen) atoms. The van der Waals surface area contributed by atoms with Gasteiger partial charge in [0.05, 0.1) is 0 Å². The lowest BCUT2D eigenvalue weighted by molar-refractivity contribution is -0.140. The number of ketones is 1. The van der Waals surface area contributed by atoms with E-state index in [1.807, 2.05) is 0 Å². The Morgan fingerprint density at radius 1 is 1.20 bits per heavy atom. The van der Waals surface area contributed by atoms with Crippen LogP contribution in [-0.2, 0) is 16.0 Å². The maximum atomic E-state index is 12.7. The van der Waals surface area contributed by atoms with Crippen molar-refractivity contribution in [3.63, 3.8) is 0 Å². The van der Waals surface area contributed by atoms with Crippen LogP contribution in [0.25, 0.3) is 0 Å². The number of rotatable bonds is 4. The van der Waals surface area contributed by atoms with Crippen LogP contribution in [0.1, 0.15) is 12.0 Å². The predicted molar refractivity (Wildman–Crippen MR) is 47.3 cm³/mol. The zero-order chi connectivity index (χ0) is 11.4. The first-order valence-corrected chi connectivity index (χ1v) is 4.16. The molecule has 0 aromatic heterocycles. The molecule has 0 unspecified atom stereocenters. The standard InChI is InChI=1S/C10H8F2O3/c11-8-2-1-6(4-9(8)12)3-7(13)5-10(14)15/h1-2,4H,3,5H2,(H,14,15). The summed E-state index contributed by atoms with van der Waals surface area (Å²) in [7, 11) is 0. The molecular weight excluding hydrogens is 206 g/mol. The van der Waals surface area contributed by atoms with Gasteiger partial charge in [-0.05, 0) is 17.7 Å². The summed E-state index contributed by atoms with van der Waals surface area (Å²) in [5.74, 6) is -3.82. The van der Waals surface area contributed by atoms with E-state index < -0.39 is 29.8 Å². The Kier molecular flexibility index (Phi) is 3.49. The number of carbonyl (C=O) groups is 2. The highest BCUT2D eigenvalue weighted by Crippen LogP contribution is 2.09. The van der Waals surface area contributed by atoms with E-state index in [0.29, 0.717) is 0 Å². The quantitative estimate of drug-likeness (QED) is 0.773. The summed E-state index contributed by atoms with van der Waals surface area (Å²) in [5.41, 5.74) is 0.264. The van der Waals surface area contributed by atoms with E-state index in [1.165, 1.54) is 6.07 Å². The summed E-state index contributed by atoms with van der Waals surface area (Å²) in [4.78, 5) is 21.2. The SMILES string of the molecule is O=C(O)CC(=O)Cc1ccc(F)c(F)c1. The van der Waals surface area contributed by atoms with Gasteiger partial charge >= 0.3 is 5.97 Å². The van der Waals surface area contributed by atoms with E-state index in [-0.39, 0.29) is 12.0 Å². The van der Waals surface area contributed by atoms with Gasteiger partial charge in [-0.2, -0.15) is 0 Å². The summed E-state index contributed by atoms with van der Waals surface area (Å²) >= 11 is 0. The summed E-state index contributed by atoms with van der Waals surface area (Å²) in [5, 5.41) is 8.31. The zero-order valence-electron chi connectivity index (χ0n) is 7.67. The molecule has 0 aliphatic carbocycles. The van der Waals surface area contributed by atoms with Crippen LogP contribution in [0, 0.1) is 11.6 Å². The molecule has 1 aromatic carbocycles. The van der Waals surface area contributed by atoms with Crippen LogP contribution >= 0.6 is 0 Å². The van der Waals surface area contributed by atoms with Crippen molar-refractivity contribution in [3.8, 4) is 0 Å². The Morgan fingerprint density at radius 2 is 1.87 bits per heavy atom. The normalized spacial score (nSPS) is 10.0. The fourth-order valence-corrected chi connectivity index (χ4v) is 1.11. The van der Waals surface area contributed by atoms with E-state index in [1.54, 1.807) is 0 Å². The van der Waals surface area contributed by atoms with Crippen LogP contribution in [0.2, 0.25) is 0 Å². The molecule has 1 N–H and O–H groups in total. The third kappa shape index (κ3) is 3.46. The molecular formula is C10H8F2O3. The van der Waals surface area contributed by atoms with Gasteiger partial charge in [-0.1, -0.05) is 6.07 Å². The van der Waals surface area contributed by atoms with Crippen LogP contribution < -0.4 is 0 Å². The van der Waals surface area contributed by atoms with Crippen molar-refractivity contribution in [1.29, 1.82) is 0 Å². The fraction of sp³-hybridized carbons (Fsp3) is 0.200. The Hall–Kier alpha value is -1.78. The minimum Gasteiger partial charge on any atom is -0.481 e. The van der Waals surface area contributed by atoms with Gasteiger partial charge in [-0.15, -0.1) is 0 Å². The summed E-state index contributed by atoms with van der Waals surface area (Å²) in [6, 6.07) is 3.03. The second-order valence-electron chi connectivity index (χ2n) is 3.03. The number of aliphatic carboxylic acids is 1. The first-order valence-electron chi connectivity index (χ1n) is 4.16. The first-order chi connectivity index (χ1) is 6.99. The molecule has 0 spiro atoms. The lowest BCUT2D eigenvalue weighted by Gasteiger charge is -1.99. The molecule has 0 bridgehead atoms. The molecule has 1 aromatic rings. The number of carbonyl (C=O) groups excluding carboxylic acids is 1. The van der Waals surface area contributed by atoms with Crippen LogP contribution in [0.4, 0.5) is 8.78 Å². The van der Waals surface area contributed by atoms with Crippen molar-refractivity contribution in [3.05, 3.63) is 35.4 Å². The van der Waals surface area contributed by atoms with E-state index >= 15 is 0 Å². The third-order valence-electron chi connectivity index (χ3n) is 1.73. The maximum Gasteiger partial charge on any atom is 0.310 e. The minimum absolute atomic E-state index is 0.205. The zero-order valence-corrected chi connectivity index (χ0v) is 7.67. The van der Waals surface area contributed by atoms with Gasteiger partial charge in [0.2, 0.25) is 0 Å². The Bertz CT molecular complexity index is 402. The number of carboxylic acid groups (broad SMARTS) is 1. The third-order valence-corrected chi connectivity index (χ3v) is 1.73. The van der Waals surface area contributed by atoms with Crippen LogP contribution in [-0.4, -0.2) is 16.9 Å². The largest absolute Gasteiger partial charge is 0.481 e. The van der Waals surface area contributed by atoms with E-state index in [2.05, 4.69) is 0 Å². The number of Topliss-reactive ketones (excluding diaryl/α,β-unsaturated/α-hetero) is 1. The number of benzene rings is 1. The first kappa shape index (κ1) is 11.3. The molecule has 80 valence electrons. The van der Waals surface area contributed by atoms with Crippen LogP contribution in [0.15, 0.2) is 18.2 Å². The number of halogens is 2. The summed E-state index contributed by atoms with van der Waals surface area (Å²) < 4.78 is 25.2. The van der Waals surface area contributed by atoms with Crippen molar-refractivity contribution in [2.45, 2.75) is 12.8 Å². The molecule has 3 nitrogen and oxygen atoms in total. The number of hydrogen-bond acceptors (Lipinski definition) is 2. The highest BCUT2D eigenvalue weighted by molar-refractivity contribution is 5.95. The molecule has 0 aliphatic heterocycles. The average Bonchev–Trinajstić information content (AvgIpc) is 2.10. The van der Waals surface area contributed by atoms with E-state index in [4.69, 9.17) is 5.11 Å². The second kappa shape index (κ2) is 4.63. The second-order valence-corrected chi connectivity index (χ2v) is 3.03. The average molecular weight is 214 g/mol. The molecule has 0 heterocycles. The Labute approximate surface area is 84.3 Å². The molecule has 0 radical (unpaired) electrons. The molecule has 0 aliphatic rings. The number of hydrogen-bond donors (Lipinski definition) is 1. The van der Waals surface area contributed by atoms with Crippen LogP contribution in [0.3, 0.4) is 0 Å². The van der Waals surface area contributed by atoms with Gasteiger partial charge in [0.25, 0.3) is 0 Å². The highest BCUT2D eigenvalue weighted by Gasteiger charge is 2.10. The van der Waals surface area contributed by atoms with Crippen molar-refractivity contribution in [2.24, 2.45) is 0 Å². The molecule has 0 atom stereocenters. The molecule has 5 heteroatoms. The maximum absolute atomic E-state index is 12.7. The van der Waals surface area contributed by atoms with Crippen molar-refractivity contribution in [2.75, 3.05) is 0 Å². The Balaban J connectivity index is 2.69.